The molecule has 2 N–H and O–H groups in total. The summed E-state index contributed by atoms with van der Waals surface area (Å²) in [6.45, 7) is 4.65. The SMILES string of the molecule is CCCCCCC/C=C\CCCCCCCC(=O)NC(COP(=O)([O-])OCC[N+](C)(C)C)C(O)/C=C/CCCCCCCCCCCCCCCCCCCCCC. The van der Waals surface area contributed by atoms with Gasteiger partial charge in [0.2, 0.25) is 5.91 Å². The van der Waals surface area contributed by atoms with Crippen molar-refractivity contribution in [1.82, 2.24) is 5.32 Å². The highest BCUT2D eigenvalue weighted by Crippen LogP contribution is 2.38. The average Bonchev–Trinajstić information content (AvgIpc) is 3.17. The van der Waals surface area contributed by atoms with Gasteiger partial charge in [-0.1, -0.05) is 205 Å². The largest absolute Gasteiger partial charge is 0.756 e. The molecule has 0 aromatic rings. The summed E-state index contributed by atoms with van der Waals surface area (Å²) in [5.74, 6) is -0.205. The van der Waals surface area contributed by atoms with Crippen LogP contribution in [0.1, 0.15) is 232 Å². The summed E-state index contributed by atoms with van der Waals surface area (Å²) in [6.07, 6.45) is 49.4. The predicted molar refractivity (Wildman–Crippen MR) is 247 cm³/mol. The van der Waals surface area contributed by atoms with Crippen molar-refractivity contribution in [2.75, 3.05) is 40.9 Å². The first-order chi connectivity index (χ1) is 28.0. The van der Waals surface area contributed by atoms with E-state index in [1.807, 2.05) is 27.2 Å². The minimum atomic E-state index is -4.59. The number of amides is 1. The molecule has 0 aromatic carbocycles. The highest BCUT2D eigenvalue weighted by atomic mass is 31.2. The van der Waals surface area contributed by atoms with E-state index in [-0.39, 0.29) is 19.1 Å². The summed E-state index contributed by atoms with van der Waals surface area (Å²) >= 11 is 0. The standard InChI is InChI=1S/C49H97N2O6P/c1-6-8-10-12-14-16-18-20-22-23-24-25-26-27-28-29-30-32-34-36-38-40-42-48(52)47(46-57-58(54,55)56-45-44-51(3,4)5)50-49(53)43-41-39-37-35-33-31-21-19-17-15-13-11-9-7-2/h19,21,40,42,47-48,52H,6-18,20,22-39,41,43-46H2,1-5H3,(H-,50,53,54,55)/b21-19-,42-40+. The molecular weight excluding hydrogens is 744 g/mol. The van der Waals surface area contributed by atoms with Crippen LogP contribution in [0.25, 0.3) is 0 Å². The van der Waals surface area contributed by atoms with Gasteiger partial charge < -0.3 is 28.8 Å². The number of rotatable bonds is 45. The molecule has 9 heteroatoms. The van der Waals surface area contributed by atoms with Gasteiger partial charge in [-0.05, 0) is 44.9 Å². The van der Waals surface area contributed by atoms with Crippen molar-refractivity contribution in [1.29, 1.82) is 0 Å². The monoisotopic (exact) mass is 841 g/mol. The lowest BCUT2D eigenvalue weighted by molar-refractivity contribution is -0.870. The fourth-order valence-electron chi connectivity index (χ4n) is 7.21. The molecule has 58 heavy (non-hydrogen) atoms. The number of hydrogen-bond donors (Lipinski definition) is 2. The van der Waals surface area contributed by atoms with Crippen LogP contribution in [0.2, 0.25) is 0 Å². The molecule has 1 amide bonds. The fourth-order valence-corrected chi connectivity index (χ4v) is 7.93. The minimum Gasteiger partial charge on any atom is -0.756 e. The molecule has 0 aromatic heterocycles. The van der Waals surface area contributed by atoms with Gasteiger partial charge >= 0.3 is 0 Å². The second-order valence-corrected chi connectivity index (χ2v) is 19.6. The lowest BCUT2D eigenvalue weighted by Gasteiger charge is -2.29. The lowest BCUT2D eigenvalue weighted by atomic mass is 10.0. The fraction of sp³-hybridized carbons (Fsp3) is 0.898. The van der Waals surface area contributed by atoms with Gasteiger partial charge in [-0.2, -0.15) is 0 Å². The molecule has 0 radical (unpaired) electrons. The molecule has 0 rings (SSSR count). The topological polar surface area (TPSA) is 108 Å². The minimum absolute atomic E-state index is 0.00134. The van der Waals surface area contributed by atoms with E-state index in [9.17, 15) is 19.4 Å². The number of carbonyl (C=O) groups is 1. The van der Waals surface area contributed by atoms with Gasteiger partial charge in [0.05, 0.1) is 39.9 Å². The summed E-state index contributed by atoms with van der Waals surface area (Å²) in [5, 5.41) is 13.8. The molecule has 0 aliphatic heterocycles. The van der Waals surface area contributed by atoms with Gasteiger partial charge in [0.15, 0.2) is 0 Å². The van der Waals surface area contributed by atoms with Crippen molar-refractivity contribution in [2.24, 2.45) is 0 Å². The van der Waals surface area contributed by atoms with Crippen molar-refractivity contribution in [3.05, 3.63) is 24.3 Å². The normalized spacial score (nSPS) is 14.4. The van der Waals surface area contributed by atoms with E-state index >= 15 is 0 Å². The van der Waals surface area contributed by atoms with Gasteiger partial charge in [-0.3, -0.25) is 9.36 Å². The molecule has 0 heterocycles. The molecule has 0 saturated carbocycles. The molecule has 0 aliphatic rings. The lowest BCUT2D eigenvalue weighted by Crippen LogP contribution is -2.45. The van der Waals surface area contributed by atoms with Crippen LogP contribution in [0, 0.1) is 0 Å². The van der Waals surface area contributed by atoms with Gasteiger partial charge in [0, 0.05) is 6.42 Å². The Morgan fingerprint density at radius 3 is 1.34 bits per heavy atom. The van der Waals surface area contributed by atoms with Gasteiger partial charge in [0.1, 0.15) is 13.2 Å². The first kappa shape index (κ1) is 57.0. The Labute approximate surface area is 360 Å². The molecule has 3 unspecified atom stereocenters. The number of likely N-dealkylation sites (N-methyl/N-ethyl adjacent to an activating group) is 1. The number of phosphoric acid groups is 1. The highest BCUT2D eigenvalue weighted by molar-refractivity contribution is 7.45. The molecule has 3 atom stereocenters. The van der Waals surface area contributed by atoms with Crippen LogP contribution >= 0.6 is 7.82 Å². The van der Waals surface area contributed by atoms with Crippen LogP contribution in [0.4, 0.5) is 0 Å². The second-order valence-electron chi connectivity index (χ2n) is 18.2. The number of aliphatic hydroxyl groups excluding tert-OH is 1. The molecule has 0 fully saturated rings. The van der Waals surface area contributed by atoms with Crippen molar-refractivity contribution in [3.8, 4) is 0 Å². The number of quaternary nitrogens is 1. The predicted octanol–water partition coefficient (Wildman–Crippen LogP) is 13.5. The molecule has 0 bridgehead atoms. The summed E-state index contributed by atoms with van der Waals surface area (Å²) < 4.78 is 23.2. The first-order valence-corrected chi connectivity index (χ1v) is 26.2. The van der Waals surface area contributed by atoms with Crippen molar-refractivity contribution >= 4 is 13.7 Å². The van der Waals surface area contributed by atoms with Crippen LogP contribution in [-0.2, 0) is 18.4 Å². The maximum absolute atomic E-state index is 12.9. The zero-order valence-corrected chi connectivity index (χ0v) is 39.9. The average molecular weight is 841 g/mol. The maximum atomic E-state index is 12.9. The Hall–Kier alpha value is -1.02. The third-order valence-electron chi connectivity index (χ3n) is 11.2. The molecule has 0 spiro atoms. The summed E-state index contributed by atoms with van der Waals surface area (Å²) in [4.78, 5) is 25.3. The smallest absolute Gasteiger partial charge is 0.268 e. The zero-order valence-electron chi connectivity index (χ0n) is 39.0. The van der Waals surface area contributed by atoms with Gasteiger partial charge in [-0.15, -0.1) is 0 Å². The van der Waals surface area contributed by atoms with Crippen LogP contribution in [0.5, 0.6) is 0 Å². The van der Waals surface area contributed by atoms with Crippen LogP contribution in [-0.4, -0.2) is 68.5 Å². The zero-order chi connectivity index (χ0) is 42.8. The Kier molecular flexibility index (Phi) is 40.6. The first-order valence-electron chi connectivity index (χ1n) is 24.7. The summed E-state index contributed by atoms with van der Waals surface area (Å²) in [6, 6.07) is -0.888. The van der Waals surface area contributed by atoms with Crippen molar-refractivity contribution < 1.29 is 32.9 Å². The number of carbonyl (C=O) groups excluding carboxylic acids is 1. The number of unbranched alkanes of at least 4 members (excludes halogenated alkanes) is 30. The Bertz CT molecular complexity index is 1000. The molecule has 344 valence electrons. The molecule has 8 nitrogen and oxygen atoms in total. The number of nitrogens with one attached hydrogen (secondary N) is 1. The number of allylic oxidation sites excluding steroid dienone is 3. The number of hydrogen-bond acceptors (Lipinski definition) is 6. The van der Waals surface area contributed by atoms with Crippen molar-refractivity contribution in [2.45, 2.75) is 244 Å². The van der Waals surface area contributed by atoms with E-state index < -0.39 is 20.0 Å². The Balaban J connectivity index is 4.31. The van der Waals surface area contributed by atoms with Crippen LogP contribution in [0.3, 0.4) is 0 Å². The number of aliphatic hydroxyl groups is 1. The van der Waals surface area contributed by atoms with Crippen LogP contribution < -0.4 is 10.2 Å². The third-order valence-corrected chi connectivity index (χ3v) is 12.1. The Morgan fingerprint density at radius 1 is 0.586 bits per heavy atom. The molecule has 0 saturated heterocycles. The highest BCUT2D eigenvalue weighted by Gasteiger charge is 2.23. The van der Waals surface area contributed by atoms with Gasteiger partial charge in [-0.25, -0.2) is 0 Å². The summed E-state index contributed by atoms with van der Waals surface area (Å²) in [5.41, 5.74) is 0. The third kappa shape index (κ3) is 43.1. The van der Waals surface area contributed by atoms with E-state index in [2.05, 4.69) is 31.3 Å². The molecule has 0 aliphatic carbocycles. The van der Waals surface area contributed by atoms with E-state index in [1.165, 1.54) is 161 Å². The Morgan fingerprint density at radius 2 is 0.948 bits per heavy atom. The number of nitrogens with zero attached hydrogens (tertiary/aromatic N) is 1. The van der Waals surface area contributed by atoms with Gasteiger partial charge in [0.25, 0.3) is 7.82 Å². The van der Waals surface area contributed by atoms with E-state index in [1.54, 1.807) is 6.08 Å². The van der Waals surface area contributed by atoms with E-state index in [0.717, 1.165) is 51.4 Å². The quantitative estimate of drug-likeness (QED) is 0.0274. The molecular formula is C49H97N2O6P. The van der Waals surface area contributed by atoms with Crippen molar-refractivity contribution in [3.63, 3.8) is 0 Å². The van der Waals surface area contributed by atoms with E-state index in [4.69, 9.17) is 9.05 Å². The summed E-state index contributed by atoms with van der Waals surface area (Å²) in [7, 11) is 1.26. The maximum Gasteiger partial charge on any atom is 0.268 e. The van der Waals surface area contributed by atoms with E-state index in [0.29, 0.717) is 17.4 Å². The second kappa shape index (κ2) is 41.3. The van der Waals surface area contributed by atoms with Crippen LogP contribution in [0.15, 0.2) is 24.3 Å². The number of phosphoric ester groups is 1.